The van der Waals surface area contributed by atoms with E-state index < -0.39 is 6.04 Å². The van der Waals surface area contributed by atoms with Crippen LogP contribution in [-0.2, 0) is 22.6 Å². The van der Waals surface area contributed by atoms with Gasteiger partial charge in [0.25, 0.3) is 0 Å². The van der Waals surface area contributed by atoms with E-state index in [1.165, 1.54) is 6.42 Å². The van der Waals surface area contributed by atoms with Gasteiger partial charge >= 0.3 is 0 Å². The summed E-state index contributed by atoms with van der Waals surface area (Å²) >= 11 is 12.9. The number of amides is 2. The highest BCUT2D eigenvalue weighted by Gasteiger charge is 2.33. The van der Waals surface area contributed by atoms with Crippen LogP contribution in [0.15, 0.2) is 109 Å². The highest BCUT2D eigenvalue weighted by Crippen LogP contribution is 2.31. The van der Waals surface area contributed by atoms with Crippen LogP contribution in [0.5, 0.6) is 0 Å². The van der Waals surface area contributed by atoms with Crippen molar-refractivity contribution in [2.24, 2.45) is 0 Å². The molecular formula is C37H38Cl2N2O2. The summed E-state index contributed by atoms with van der Waals surface area (Å²) in [6.45, 7) is 0.195. The minimum Gasteiger partial charge on any atom is -0.352 e. The average molecular weight is 614 g/mol. The molecule has 0 saturated heterocycles. The monoisotopic (exact) mass is 612 g/mol. The molecule has 6 heteroatoms. The third-order valence-electron chi connectivity index (χ3n) is 8.36. The number of hydrogen-bond acceptors (Lipinski definition) is 2. The predicted octanol–water partition coefficient (Wildman–Crippen LogP) is 8.60. The van der Waals surface area contributed by atoms with Gasteiger partial charge in [0.1, 0.15) is 6.04 Å². The third-order valence-corrected chi connectivity index (χ3v) is 8.95. The molecular weight excluding hydrogens is 575 g/mol. The second kappa shape index (κ2) is 15.2. The fourth-order valence-corrected chi connectivity index (χ4v) is 6.49. The molecule has 1 saturated carbocycles. The van der Waals surface area contributed by atoms with Crippen molar-refractivity contribution in [1.29, 1.82) is 0 Å². The van der Waals surface area contributed by atoms with E-state index in [1.54, 1.807) is 17.0 Å². The van der Waals surface area contributed by atoms with Crippen LogP contribution < -0.4 is 5.32 Å². The number of halogens is 2. The second-order valence-electron chi connectivity index (χ2n) is 11.4. The third kappa shape index (κ3) is 8.49. The molecule has 0 unspecified atom stereocenters. The molecule has 1 aliphatic carbocycles. The number of benzene rings is 4. The van der Waals surface area contributed by atoms with E-state index in [4.69, 9.17) is 23.2 Å². The summed E-state index contributed by atoms with van der Waals surface area (Å²) in [5.74, 6) is -0.398. The Morgan fingerprint density at radius 1 is 0.767 bits per heavy atom. The van der Waals surface area contributed by atoms with Gasteiger partial charge in [0.2, 0.25) is 11.8 Å². The molecule has 5 rings (SSSR count). The summed E-state index contributed by atoms with van der Waals surface area (Å²) in [6.07, 6.45) is 5.94. The van der Waals surface area contributed by atoms with Crippen LogP contribution >= 0.6 is 23.2 Å². The molecule has 0 radical (unpaired) electrons. The molecule has 4 aromatic carbocycles. The van der Waals surface area contributed by atoms with Crippen molar-refractivity contribution in [2.75, 3.05) is 0 Å². The van der Waals surface area contributed by atoms with Gasteiger partial charge in [0, 0.05) is 41.4 Å². The quantitative estimate of drug-likeness (QED) is 0.184. The molecule has 1 N–H and O–H groups in total. The molecule has 0 spiro atoms. The average Bonchev–Trinajstić information content (AvgIpc) is 3.04. The van der Waals surface area contributed by atoms with Gasteiger partial charge in [-0.2, -0.15) is 0 Å². The molecule has 0 bridgehead atoms. The van der Waals surface area contributed by atoms with E-state index in [2.05, 4.69) is 29.6 Å². The summed E-state index contributed by atoms with van der Waals surface area (Å²) in [5.41, 5.74) is 3.85. The van der Waals surface area contributed by atoms with Crippen molar-refractivity contribution < 1.29 is 9.59 Å². The zero-order chi connectivity index (χ0) is 30.0. The standard InChI is InChI=1S/C37H38Cl2N2O2/c38-31-22-21-30(34(39)24-31)26-41(36(42)25-33(28-15-7-2-8-16-28)29-17-9-3-10-18-29)35(23-27-13-5-1-6-14-27)37(43)40-32-19-11-4-12-20-32/h1-3,5-10,13-18,21-22,24,32-33,35H,4,11-12,19-20,23,25-26H2,(H,40,43)/t35-/m1/s1. The van der Waals surface area contributed by atoms with Crippen molar-refractivity contribution in [3.05, 3.63) is 141 Å². The molecule has 1 aliphatic rings. The topological polar surface area (TPSA) is 49.4 Å². The van der Waals surface area contributed by atoms with Crippen LogP contribution in [0.3, 0.4) is 0 Å². The largest absolute Gasteiger partial charge is 0.352 e. The van der Waals surface area contributed by atoms with Crippen LogP contribution in [0.25, 0.3) is 0 Å². The first-order chi connectivity index (χ1) is 21.0. The lowest BCUT2D eigenvalue weighted by Gasteiger charge is -2.34. The molecule has 222 valence electrons. The van der Waals surface area contributed by atoms with Crippen molar-refractivity contribution >= 4 is 35.0 Å². The summed E-state index contributed by atoms with van der Waals surface area (Å²) in [4.78, 5) is 30.5. The van der Waals surface area contributed by atoms with Gasteiger partial charge < -0.3 is 10.2 Å². The van der Waals surface area contributed by atoms with Crippen LogP contribution in [0.4, 0.5) is 0 Å². The number of carbonyl (C=O) groups excluding carboxylic acids is 2. The van der Waals surface area contributed by atoms with E-state index in [-0.39, 0.29) is 36.7 Å². The van der Waals surface area contributed by atoms with Crippen LogP contribution in [0.1, 0.15) is 66.7 Å². The Balaban J connectivity index is 1.52. The Labute approximate surface area is 265 Å². The van der Waals surface area contributed by atoms with Crippen molar-refractivity contribution in [3.63, 3.8) is 0 Å². The van der Waals surface area contributed by atoms with Crippen LogP contribution in [0.2, 0.25) is 10.0 Å². The van der Waals surface area contributed by atoms with Crippen molar-refractivity contribution in [1.82, 2.24) is 10.2 Å². The molecule has 2 amide bonds. The second-order valence-corrected chi connectivity index (χ2v) is 12.2. The van der Waals surface area contributed by atoms with Crippen molar-refractivity contribution in [2.45, 2.75) is 69.5 Å². The maximum atomic E-state index is 14.6. The van der Waals surface area contributed by atoms with Gasteiger partial charge in [-0.25, -0.2) is 0 Å². The lowest BCUT2D eigenvalue weighted by Crippen LogP contribution is -2.53. The van der Waals surface area contributed by atoms with Crippen molar-refractivity contribution in [3.8, 4) is 0 Å². The first-order valence-electron chi connectivity index (χ1n) is 15.2. The molecule has 4 aromatic rings. The zero-order valence-electron chi connectivity index (χ0n) is 24.3. The molecule has 0 aliphatic heterocycles. The Bertz CT molecular complexity index is 1440. The Morgan fingerprint density at radius 2 is 1.35 bits per heavy atom. The number of carbonyl (C=O) groups is 2. The Hall–Kier alpha value is -3.60. The van der Waals surface area contributed by atoms with Crippen LogP contribution in [0, 0.1) is 0 Å². The number of nitrogens with one attached hydrogen (secondary N) is 1. The fourth-order valence-electron chi connectivity index (χ4n) is 6.02. The SMILES string of the molecule is O=C(NC1CCCCC1)[C@@H](Cc1ccccc1)N(Cc1ccc(Cl)cc1Cl)C(=O)CC(c1ccccc1)c1ccccc1. The Morgan fingerprint density at radius 3 is 1.93 bits per heavy atom. The molecule has 4 nitrogen and oxygen atoms in total. The summed E-state index contributed by atoms with van der Waals surface area (Å²) in [5, 5.41) is 4.31. The summed E-state index contributed by atoms with van der Waals surface area (Å²) < 4.78 is 0. The summed E-state index contributed by atoms with van der Waals surface area (Å²) in [6, 6.07) is 34.8. The minimum atomic E-state index is -0.712. The van der Waals surface area contributed by atoms with Gasteiger partial charge in [-0.1, -0.05) is 140 Å². The number of rotatable bonds is 11. The highest BCUT2D eigenvalue weighted by atomic mass is 35.5. The molecule has 1 atom stereocenters. The molecule has 1 fully saturated rings. The predicted molar refractivity (Wildman–Crippen MR) is 175 cm³/mol. The number of nitrogens with zero attached hydrogens (tertiary/aromatic N) is 1. The van der Waals surface area contributed by atoms with Gasteiger partial charge in [0.15, 0.2) is 0 Å². The minimum absolute atomic E-state index is 0.108. The van der Waals surface area contributed by atoms with E-state index in [0.29, 0.717) is 16.5 Å². The zero-order valence-corrected chi connectivity index (χ0v) is 25.8. The van der Waals surface area contributed by atoms with Gasteiger partial charge in [-0.3, -0.25) is 9.59 Å². The molecule has 0 aromatic heterocycles. The fraction of sp³-hybridized carbons (Fsp3) is 0.297. The first kappa shape index (κ1) is 30.8. The molecule has 0 heterocycles. The maximum Gasteiger partial charge on any atom is 0.243 e. The van der Waals surface area contributed by atoms with E-state index in [0.717, 1.165) is 47.9 Å². The lowest BCUT2D eigenvalue weighted by atomic mass is 9.87. The van der Waals surface area contributed by atoms with Gasteiger partial charge in [-0.05, 0) is 47.2 Å². The van der Waals surface area contributed by atoms with Gasteiger partial charge in [0.05, 0.1) is 0 Å². The van der Waals surface area contributed by atoms with E-state index >= 15 is 0 Å². The first-order valence-corrected chi connectivity index (χ1v) is 15.9. The lowest BCUT2D eigenvalue weighted by molar-refractivity contribution is -0.141. The maximum absolute atomic E-state index is 14.6. The normalized spacial score (nSPS) is 14.3. The summed E-state index contributed by atoms with van der Waals surface area (Å²) in [7, 11) is 0. The molecule has 43 heavy (non-hydrogen) atoms. The smallest absolute Gasteiger partial charge is 0.243 e. The Kier molecular flexibility index (Phi) is 10.9. The highest BCUT2D eigenvalue weighted by molar-refractivity contribution is 6.35. The van der Waals surface area contributed by atoms with E-state index in [1.807, 2.05) is 72.8 Å². The number of hydrogen-bond donors (Lipinski definition) is 1. The van der Waals surface area contributed by atoms with Gasteiger partial charge in [-0.15, -0.1) is 0 Å². The van der Waals surface area contributed by atoms with E-state index in [9.17, 15) is 9.59 Å². The van der Waals surface area contributed by atoms with Crippen LogP contribution in [-0.4, -0.2) is 28.8 Å².